The van der Waals surface area contributed by atoms with Crippen molar-refractivity contribution < 1.29 is 4.42 Å². The number of fused-ring (bicyclic) bond motifs is 1. The van der Waals surface area contributed by atoms with Gasteiger partial charge in [0.1, 0.15) is 5.02 Å². The highest BCUT2D eigenvalue weighted by Crippen LogP contribution is 2.34. The van der Waals surface area contributed by atoms with Crippen LogP contribution < -0.4 is 11.5 Å². The van der Waals surface area contributed by atoms with Crippen molar-refractivity contribution in [3.8, 4) is 0 Å². The van der Waals surface area contributed by atoms with Gasteiger partial charge in [-0.25, -0.2) is 4.79 Å². The van der Waals surface area contributed by atoms with Crippen LogP contribution in [0.15, 0.2) is 15.3 Å². The molecule has 0 unspecified atom stereocenters. The summed E-state index contributed by atoms with van der Waals surface area (Å²) < 4.78 is 6.21. The Balaban J connectivity index is 3.05. The third-order valence-corrected chi connectivity index (χ3v) is 2.86. The van der Waals surface area contributed by atoms with Crippen LogP contribution in [0.4, 0.5) is 5.69 Å². The average molecular weight is 233 g/mol. The van der Waals surface area contributed by atoms with E-state index in [0.29, 0.717) is 11.2 Å². The second-order valence-corrected chi connectivity index (χ2v) is 3.62. The van der Waals surface area contributed by atoms with Crippen molar-refractivity contribution in [1.29, 1.82) is 0 Å². The highest BCUT2D eigenvalue weighted by molar-refractivity contribution is 6.46. The molecule has 1 aromatic carbocycles. The maximum Gasteiger partial charge on any atom is 0.419 e. The van der Waals surface area contributed by atoms with Crippen LogP contribution in [0.2, 0.25) is 10.0 Å². The van der Waals surface area contributed by atoms with Gasteiger partial charge in [0.25, 0.3) is 0 Å². The third-order valence-electron chi connectivity index (χ3n) is 1.99. The van der Waals surface area contributed by atoms with E-state index in [1.165, 1.54) is 4.57 Å². The molecule has 2 N–H and O–H groups in total. The molecular formula is C8H6Cl2N2O2. The van der Waals surface area contributed by atoms with Crippen LogP contribution in [0.1, 0.15) is 0 Å². The summed E-state index contributed by atoms with van der Waals surface area (Å²) in [5.41, 5.74) is 6.70. The molecule has 0 saturated carbocycles. The predicted octanol–water partition coefficient (Wildman–Crippen LogP) is 2.02. The number of rotatable bonds is 0. The van der Waals surface area contributed by atoms with E-state index in [4.69, 9.17) is 33.4 Å². The first-order valence-corrected chi connectivity index (χ1v) is 4.51. The van der Waals surface area contributed by atoms with Crippen LogP contribution in [-0.2, 0) is 7.05 Å². The molecule has 0 aliphatic rings. The molecule has 4 nitrogen and oxygen atoms in total. The number of nitrogens with zero attached hydrogens (tertiary/aromatic N) is 1. The molecule has 0 fully saturated rings. The number of benzene rings is 1. The van der Waals surface area contributed by atoms with E-state index in [9.17, 15) is 4.79 Å². The molecule has 0 bridgehead atoms. The number of aromatic nitrogens is 1. The number of anilines is 1. The lowest BCUT2D eigenvalue weighted by atomic mass is 10.3. The minimum absolute atomic E-state index is 0.166. The molecular weight excluding hydrogens is 227 g/mol. The smallest absolute Gasteiger partial charge is 0.406 e. The van der Waals surface area contributed by atoms with E-state index in [1.54, 1.807) is 13.1 Å². The largest absolute Gasteiger partial charge is 0.419 e. The summed E-state index contributed by atoms with van der Waals surface area (Å²) in [4.78, 5) is 11.2. The topological polar surface area (TPSA) is 61.2 Å². The molecule has 1 heterocycles. The minimum Gasteiger partial charge on any atom is -0.406 e. The van der Waals surface area contributed by atoms with Crippen molar-refractivity contribution in [1.82, 2.24) is 4.57 Å². The maximum atomic E-state index is 11.2. The highest BCUT2D eigenvalue weighted by Gasteiger charge is 2.14. The zero-order valence-electron chi connectivity index (χ0n) is 7.17. The minimum atomic E-state index is -0.497. The lowest BCUT2D eigenvalue weighted by Crippen LogP contribution is -2.08. The molecule has 2 rings (SSSR count). The Kier molecular flexibility index (Phi) is 1.97. The molecule has 74 valence electrons. The fraction of sp³-hybridized carbons (Fsp3) is 0.125. The molecule has 1 aromatic heterocycles. The summed E-state index contributed by atoms with van der Waals surface area (Å²) in [7, 11) is 1.57. The molecule has 0 saturated heterocycles. The molecule has 6 heteroatoms. The maximum absolute atomic E-state index is 11.2. The predicted molar refractivity (Wildman–Crippen MR) is 55.9 cm³/mol. The first-order chi connectivity index (χ1) is 6.52. The van der Waals surface area contributed by atoms with Crippen LogP contribution >= 0.6 is 23.2 Å². The van der Waals surface area contributed by atoms with Gasteiger partial charge in [-0.3, -0.25) is 4.57 Å². The molecule has 0 aliphatic carbocycles. The number of aryl methyl sites for hydroxylation is 1. The van der Waals surface area contributed by atoms with Crippen molar-refractivity contribution in [2.45, 2.75) is 0 Å². The SMILES string of the molecule is Cn1c(=O)oc2c(Cl)c(Cl)c(N)cc21. The lowest BCUT2D eigenvalue weighted by molar-refractivity contribution is 0.528. The fourth-order valence-corrected chi connectivity index (χ4v) is 1.60. The third kappa shape index (κ3) is 1.11. The Morgan fingerprint density at radius 1 is 1.43 bits per heavy atom. The van der Waals surface area contributed by atoms with E-state index < -0.39 is 5.76 Å². The first kappa shape index (κ1) is 9.43. The fourth-order valence-electron chi connectivity index (χ4n) is 1.22. The van der Waals surface area contributed by atoms with E-state index >= 15 is 0 Å². The van der Waals surface area contributed by atoms with Gasteiger partial charge in [0.05, 0.1) is 16.2 Å². The number of nitrogen functional groups attached to an aromatic ring is 1. The molecule has 14 heavy (non-hydrogen) atoms. The van der Waals surface area contributed by atoms with Gasteiger partial charge in [-0.2, -0.15) is 0 Å². The average Bonchev–Trinajstić information content (AvgIpc) is 2.42. The van der Waals surface area contributed by atoms with Gasteiger partial charge in [-0.15, -0.1) is 0 Å². The summed E-state index contributed by atoms with van der Waals surface area (Å²) >= 11 is 11.6. The van der Waals surface area contributed by atoms with Gasteiger partial charge in [0.2, 0.25) is 0 Å². The van der Waals surface area contributed by atoms with Crippen LogP contribution in [0.25, 0.3) is 11.1 Å². The van der Waals surface area contributed by atoms with Crippen molar-refractivity contribution in [2.24, 2.45) is 7.05 Å². The van der Waals surface area contributed by atoms with Crippen molar-refractivity contribution in [3.63, 3.8) is 0 Å². The standard InChI is InChI=1S/C8H6Cl2N2O2/c1-12-4-2-3(11)5(9)6(10)7(4)14-8(12)13/h2H,11H2,1H3. The number of oxazole rings is 1. The summed E-state index contributed by atoms with van der Waals surface area (Å²) in [6.07, 6.45) is 0. The van der Waals surface area contributed by atoms with Gasteiger partial charge >= 0.3 is 5.76 Å². The summed E-state index contributed by atoms with van der Waals surface area (Å²) in [6.45, 7) is 0. The van der Waals surface area contributed by atoms with Crippen molar-refractivity contribution >= 4 is 40.0 Å². The number of hydrogen-bond acceptors (Lipinski definition) is 3. The van der Waals surface area contributed by atoms with Gasteiger partial charge < -0.3 is 10.2 Å². The van der Waals surface area contributed by atoms with Crippen molar-refractivity contribution in [3.05, 3.63) is 26.7 Å². The zero-order chi connectivity index (χ0) is 10.5. The van der Waals surface area contributed by atoms with Crippen molar-refractivity contribution in [2.75, 3.05) is 5.73 Å². The quantitative estimate of drug-likeness (QED) is 0.708. The van der Waals surface area contributed by atoms with E-state index in [1.807, 2.05) is 0 Å². The second-order valence-electron chi connectivity index (χ2n) is 2.87. The summed E-state index contributed by atoms with van der Waals surface area (Å²) in [5.74, 6) is -0.497. The Hall–Kier alpha value is -1.13. The first-order valence-electron chi connectivity index (χ1n) is 3.75. The van der Waals surface area contributed by atoms with E-state index in [-0.39, 0.29) is 15.6 Å². The van der Waals surface area contributed by atoms with Gasteiger partial charge in [-0.1, -0.05) is 23.2 Å². The Labute approximate surface area is 88.8 Å². The van der Waals surface area contributed by atoms with Crippen LogP contribution in [0.5, 0.6) is 0 Å². The molecule has 0 aliphatic heterocycles. The summed E-state index contributed by atoms with van der Waals surface area (Å²) in [5, 5.41) is 0.368. The number of halogens is 2. The van der Waals surface area contributed by atoms with Crippen LogP contribution in [0, 0.1) is 0 Å². The Bertz CT molecular complexity index is 571. The molecule has 0 spiro atoms. The van der Waals surface area contributed by atoms with Gasteiger partial charge in [0.15, 0.2) is 5.58 Å². The Morgan fingerprint density at radius 2 is 2.07 bits per heavy atom. The lowest BCUT2D eigenvalue weighted by Gasteiger charge is -2.00. The molecule has 0 atom stereocenters. The molecule has 0 radical (unpaired) electrons. The van der Waals surface area contributed by atoms with Crippen LogP contribution in [-0.4, -0.2) is 4.57 Å². The molecule has 0 amide bonds. The van der Waals surface area contributed by atoms with Gasteiger partial charge in [-0.05, 0) is 6.07 Å². The Morgan fingerprint density at radius 3 is 2.71 bits per heavy atom. The number of nitrogens with two attached hydrogens (primary N) is 1. The normalized spacial score (nSPS) is 11.1. The van der Waals surface area contributed by atoms with Gasteiger partial charge in [0, 0.05) is 7.05 Å². The van der Waals surface area contributed by atoms with E-state index in [0.717, 1.165) is 0 Å². The molecule has 2 aromatic rings. The monoisotopic (exact) mass is 232 g/mol. The summed E-state index contributed by atoms with van der Waals surface area (Å²) in [6, 6.07) is 1.55. The number of hydrogen-bond donors (Lipinski definition) is 1. The van der Waals surface area contributed by atoms with E-state index in [2.05, 4.69) is 0 Å². The van der Waals surface area contributed by atoms with Crippen LogP contribution in [0.3, 0.4) is 0 Å². The highest BCUT2D eigenvalue weighted by atomic mass is 35.5. The second kappa shape index (κ2) is 2.93. The zero-order valence-corrected chi connectivity index (χ0v) is 8.69.